The molecule has 1 N–H and O–H groups in total. The van der Waals surface area contributed by atoms with E-state index in [9.17, 15) is 8.42 Å². The van der Waals surface area contributed by atoms with Crippen LogP contribution in [0.5, 0.6) is 0 Å². The van der Waals surface area contributed by atoms with Gasteiger partial charge in [0, 0.05) is 12.6 Å². The van der Waals surface area contributed by atoms with Crippen molar-refractivity contribution in [3.63, 3.8) is 0 Å². The highest BCUT2D eigenvalue weighted by atomic mass is 32.2. The average Bonchev–Trinajstić information content (AvgIpc) is 2.64. The largest absolute Gasteiger partial charge is 0.313 e. The van der Waals surface area contributed by atoms with Crippen molar-refractivity contribution in [2.45, 2.75) is 57.7 Å². The number of rotatable bonds is 6. The van der Waals surface area contributed by atoms with Crippen LogP contribution in [0.15, 0.2) is 0 Å². The lowest BCUT2D eigenvalue weighted by atomic mass is 10.2. The van der Waals surface area contributed by atoms with Gasteiger partial charge in [0.1, 0.15) is 0 Å². The van der Waals surface area contributed by atoms with Gasteiger partial charge in [0.25, 0.3) is 0 Å². The maximum absolute atomic E-state index is 11.9. The van der Waals surface area contributed by atoms with Crippen LogP contribution in [0.2, 0.25) is 0 Å². The van der Waals surface area contributed by atoms with Gasteiger partial charge in [-0.2, -0.15) is 0 Å². The summed E-state index contributed by atoms with van der Waals surface area (Å²) in [6.45, 7) is 6.34. The highest BCUT2D eigenvalue weighted by Crippen LogP contribution is 2.18. The van der Waals surface area contributed by atoms with Crippen LogP contribution in [0.25, 0.3) is 0 Å². The van der Waals surface area contributed by atoms with Crippen molar-refractivity contribution >= 4 is 9.84 Å². The first-order chi connectivity index (χ1) is 7.42. The Labute approximate surface area is 99.9 Å². The molecule has 4 heteroatoms. The molecular formula is C12H25NO2S. The van der Waals surface area contributed by atoms with Crippen molar-refractivity contribution < 1.29 is 8.42 Å². The van der Waals surface area contributed by atoms with Gasteiger partial charge in [-0.3, -0.25) is 0 Å². The molecule has 1 aliphatic rings. The minimum absolute atomic E-state index is 0.221. The molecule has 1 atom stereocenters. The molecule has 16 heavy (non-hydrogen) atoms. The molecule has 0 bridgehead atoms. The number of nitrogens with one attached hydrogen (secondary N) is 1. The molecule has 0 aromatic carbocycles. The van der Waals surface area contributed by atoms with Crippen LogP contribution in [-0.4, -0.2) is 32.0 Å². The quantitative estimate of drug-likeness (QED) is 0.780. The molecule has 0 saturated heterocycles. The average molecular weight is 247 g/mol. The summed E-state index contributed by atoms with van der Waals surface area (Å²) in [7, 11) is -2.91. The molecule has 0 amide bonds. The highest BCUT2D eigenvalue weighted by Gasteiger charge is 2.23. The smallest absolute Gasteiger partial charge is 0.154 e. The van der Waals surface area contributed by atoms with E-state index in [1.165, 1.54) is 25.7 Å². The van der Waals surface area contributed by atoms with Crippen molar-refractivity contribution in [3.05, 3.63) is 0 Å². The lowest BCUT2D eigenvalue weighted by molar-refractivity contribution is 0.510. The predicted molar refractivity (Wildman–Crippen MR) is 68.3 cm³/mol. The first kappa shape index (κ1) is 14.0. The molecule has 3 nitrogen and oxygen atoms in total. The predicted octanol–water partition coefficient (Wildman–Crippen LogP) is 1.98. The van der Waals surface area contributed by atoms with Crippen LogP contribution in [0.4, 0.5) is 0 Å². The fraction of sp³-hybridized carbons (Fsp3) is 1.00. The first-order valence-electron chi connectivity index (χ1n) is 6.36. The van der Waals surface area contributed by atoms with Gasteiger partial charge in [-0.1, -0.05) is 26.7 Å². The second kappa shape index (κ2) is 6.01. The van der Waals surface area contributed by atoms with Crippen LogP contribution in [0, 0.1) is 5.92 Å². The Morgan fingerprint density at radius 1 is 1.19 bits per heavy atom. The molecule has 1 rings (SSSR count). The summed E-state index contributed by atoms with van der Waals surface area (Å²) in [6, 6.07) is 0.552. The fourth-order valence-corrected chi connectivity index (χ4v) is 3.83. The van der Waals surface area contributed by atoms with Crippen molar-refractivity contribution in [3.8, 4) is 0 Å². The van der Waals surface area contributed by atoms with E-state index in [0.717, 1.165) is 0 Å². The molecule has 0 heterocycles. The second-order valence-corrected chi connectivity index (χ2v) is 7.89. The van der Waals surface area contributed by atoms with E-state index in [1.807, 2.05) is 20.8 Å². The summed E-state index contributed by atoms with van der Waals surface area (Å²) < 4.78 is 23.8. The van der Waals surface area contributed by atoms with Crippen LogP contribution < -0.4 is 5.32 Å². The summed E-state index contributed by atoms with van der Waals surface area (Å²) in [5, 5.41) is 3.13. The second-order valence-electron chi connectivity index (χ2n) is 5.42. The van der Waals surface area contributed by atoms with E-state index in [0.29, 0.717) is 18.3 Å². The van der Waals surface area contributed by atoms with Gasteiger partial charge >= 0.3 is 0 Å². The molecule has 1 aliphatic carbocycles. The summed E-state index contributed by atoms with van der Waals surface area (Å²) in [4.78, 5) is 0. The van der Waals surface area contributed by atoms with Crippen LogP contribution in [0.1, 0.15) is 46.5 Å². The molecule has 96 valence electrons. The maximum Gasteiger partial charge on any atom is 0.154 e. The first-order valence-corrected chi connectivity index (χ1v) is 8.08. The lowest BCUT2D eigenvalue weighted by Crippen LogP contribution is -2.37. The molecule has 0 aromatic heterocycles. The molecular weight excluding hydrogens is 222 g/mol. The number of sulfone groups is 1. The Bertz CT molecular complexity index is 292. The van der Waals surface area contributed by atoms with Gasteiger partial charge in [-0.25, -0.2) is 8.42 Å². The van der Waals surface area contributed by atoms with Gasteiger partial charge < -0.3 is 5.32 Å². The minimum atomic E-state index is -2.91. The van der Waals surface area contributed by atoms with Crippen LogP contribution in [-0.2, 0) is 9.84 Å². The topological polar surface area (TPSA) is 46.2 Å². The van der Waals surface area contributed by atoms with Gasteiger partial charge in [-0.05, 0) is 25.7 Å². The zero-order valence-corrected chi connectivity index (χ0v) is 11.5. The summed E-state index contributed by atoms with van der Waals surface area (Å²) in [5.74, 6) is 0.527. The summed E-state index contributed by atoms with van der Waals surface area (Å²) >= 11 is 0. The third-order valence-electron chi connectivity index (χ3n) is 3.23. The van der Waals surface area contributed by atoms with Gasteiger partial charge in [0.15, 0.2) is 9.84 Å². The van der Waals surface area contributed by atoms with Gasteiger partial charge in [0.05, 0.1) is 11.0 Å². The maximum atomic E-state index is 11.9. The zero-order valence-electron chi connectivity index (χ0n) is 10.7. The molecule has 0 spiro atoms. The number of hydrogen-bond donors (Lipinski definition) is 1. The monoisotopic (exact) mass is 247 g/mol. The summed E-state index contributed by atoms with van der Waals surface area (Å²) in [5.41, 5.74) is 0. The van der Waals surface area contributed by atoms with E-state index in [1.54, 1.807) is 0 Å². The Kier molecular flexibility index (Phi) is 5.25. The van der Waals surface area contributed by atoms with Crippen molar-refractivity contribution in [1.82, 2.24) is 5.32 Å². The van der Waals surface area contributed by atoms with E-state index in [-0.39, 0.29) is 11.2 Å². The van der Waals surface area contributed by atoms with E-state index >= 15 is 0 Å². The molecule has 1 fully saturated rings. The fourth-order valence-electron chi connectivity index (χ4n) is 2.22. The van der Waals surface area contributed by atoms with Gasteiger partial charge in [-0.15, -0.1) is 0 Å². The van der Waals surface area contributed by atoms with Crippen molar-refractivity contribution in [1.29, 1.82) is 0 Å². The summed E-state index contributed by atoms with van der Waals surface area (Å²) in [6.07, 6.45) is 4.98. The molecule has 1 saturated carbocycles. The van der Waals surface area contributed by atoms with Crippen LogP contribution in [0.3, 0.4) is 0 Å². The molecule has 0 aromatic rings. The lowest BCUT2D eigenvalue weighted by Gasteiger charge is -2.18. The number of hydrogen-bond acceptors (Lipinski definition) is 3. The third kappa shape index (κ3) is 4.42. The highest BCUT2D eigenvalue weighted by molar-refractivity contribution is 7.92. The van der Waals surface area contributed by atoms with Gasteiger partial charge in [0.2, 0.25) is 0 Å². The van der Waals surface area contributed by atoms with E-state index in [2.05, 4.69) is 5.32 Å². The van der Waals surface area contributed by atoms with E-state index < -0.39 is 9.84 Å². The molecule has 0 radical (unpaired) electrons. The zero-order chi connectivity index (χ0) is 12.2. The minimum Gasteiger partial charge on any atom is -0.313 e. The Morgan fingerprint density at radius 3 is 2.25 bits per heavy atom. The standard InChI is InChI=1S/C12H25NO2S/c1-10(2)9-16(14,15)11(3)8-13-12-6-4-5-7-12/h10-13H,4-9H2,1-3H3. The molecule has 1 unspecified atom stereocenters. The van der Waals surface area contributed by atoms with Crippen molar-refractivity contribution in [2.24, 2.45) is 5.92 Å². The Hall–Kier alpha value is -0.0900. The third-order valence-corrected chi connectivity index (χ3v) is 5.75. The normalized spacial score (nSPS) is 20.5. The molecule has 0 aliphatic heterocycles. The van der Waals surface area contributed by atoms with Crippen LogP contribution >= 0.6 is 0 Å². The van der Waals surface area contributed by atoms with E-state index in [4.69, 9.17) is 0 Å². The van der Waals surface area contributed by atoms with Crippen molar-refractivity contribution in [2.75, 3.05) is 12.3 Å². The SMILES string of the molecule is CC(C)CS(=O)(=O)C(C)CNC1CCCC1. The Morgan fingerprint density at radius 2 is 1.75 bits per heavy atom. The Balaban J connectivity index is 2.35.